The Balaban J connectivity index is 1.98. The van der Waals surface area contributed by atoms with Gasteiger partial charge in [-0.2, -0.15) is 0 Å². The third-order valence-corrected chi connectivity index (χ3v) is 3.89. The maximum absolute atomic E-state index is 5.70. The number of ether oxygens (including phenoxy) is 2. The molecule has 3 heteroatoms. The van der Waals surface area contributed by atoms with E-state index in [-0.39, 0.29) is 0 Å². The maximum Gasteiger partial charge on any atom is 0.124 e. The molecule has 1 aliphatic carbocycles. The first-order chi connectivity index (χ1) is 9.24. The van der Waals surface area contributed by atoms with Crippen LogP contribution in [0.3, 0.4) is 0 Å². The van der Waals surface area contributed by atoms with Crippen molar-refractivity contribution in [3.63, 3.8) is 0 Å². The molecule has 2 rings (SSSR count). The fourth-order valence-electron chi connectivity index (χ4n) is 2.87. The Kier molecular flexibility index (Phi) is 5.23. The largest absolute Gasteiger partial charge is 0.494 e. The van der Waals surface area contributed by atoms with Gasteiger partial charge in [-0.05, 0) is 39.2 Å². The van der Waals surface area contributed by atoms with Crippen molar-refractivity contribution in [2.75, 3.05) is 13.7 Å². The summed E-state index contributed by atoms with van der Waals surface area (Å²) in [7, 11) is 1.81. The second-order valence-electron chi connectivity index (χ2n) is 5.23. The van der Waals surface area contributed by atoms with Gasteiger partial charge in [-0.3, -0.25) is 0 Å². The molecule has 0 radical (unpaired) electrons. The van der Waals surface area contributed by atoms with E-state index in [1.165, 1.54) is 12.0 Å². The molecule has 106 valence electrons. The Hall–Kier alpha value is -1.06. The number of hydrogen-bond acceptors (Lipinski definition) is 3. The van der Waals surface area contributed by atoms with E-state index in [0.29, 0.717) is 24.8 Å². The van der Waals surface area contributed by atoms with Crippen molar-refractivity contribution < 1.29 is 9.47 Å². The Bertz CT molecular complexity index is 394. The van der Waals surface area contributed by atoms with Crippen LogP contribution < -0.4 is 10.1 Å². The molecule has 0 saturated heterocycles. The molecule has 3 unspecified atom stereocenters. The van der Waals surface area contributed by atoms with Gasteiger partial charge in [0.2, 0.25) is 0 Å². The summed E-state index contributed by atoms with van der Waals surface area (Å²) in [6, 6.07) is 9.15. The van der Waals surface area contributed by atoms with E-state index in [2.05, 4.69) is 24.4 Å². The van der Waals surface area contributed by atoms with Crippen molar-refractivity contribution >= 4 is 0 Å². The lowest BCUT2D eigenvalue weighted by molar-refractivity contribution is 0.106. The molecule has 1 aliphatic rings. The third kappa shape index (κ3) is 3.71. The average Bonchev–Trinajstić information content (AvgIpc) is 2.87. The van der Waals surface area contributed by atoms with Crippen molar-refractivity contribution in [3.05, 3.63) is 29.8 Å². The number of nitrogens with one attached hydrogen (secondary N) is 1. The molecule has 3 atom stereocenters. The molecule has 0 aromatic heterocycles. The van der Waals surface area contributed by atoms with E-state index in [1.54, 1.807) is 7.11 Å². The maximum atomic E-state index is 5.70. The standard InChI is InChI=1S/C16H25NO2/c1-4-19-16-8-6-5-7-15(16)12(2)17-13-9-10-14(11-13)18-3/h5-8,12-14,17H,4,9-11H2,1-3H3. The lowest BCUT2D eigenvalue weighted by Gasteiger charge is -2.22. The molecule has 1 fully saturated rings. The van der Waals surface area contributed by atoms with Crippen LogP contribution in [0.4, 0.5) is 0 Å². The van der Waals surface area contributed by atoms with Gasteiger partial charge in [-0.25, -0.2) is 0 Å². The van der Waals surface area contributed by atoms with Crippen LogP contribution in [-0.4, -0.2) is 25.9 Å². The zero-order valence-electron chi connectivity index (χ0n) is 12.2. The molecule has 0 bridgehead atoms. The van der Waals surface area contributed by atoms with Crippen LogP contribution in [0.15, 0.2) is 24.3 Å². The van der Waals surface area contributed by atoms with Crippen LogP contribution in [0.2, 0.25) is 0 Å². The van der Waals surface area contributed by atoms with Gasteiger partial charge in [0.1, 0.15) is 5.75 Å². The van der Waals surface area contributed by atoms with Crippen molar-refractivity contribution in [2.24, 2.45) is 0 Å². The first-order valence-electron chi connectivity index (χ1n) is 7.25. The van der Waals surface area contributed by atoms with Crippen molar-refractivity contribution in [3.8, 4) is 5.75 Å². The fourth-order valence-corrected chi connectivity index (χ4v) is 2.87. The van der Waals surface area contributed by atoms with Crippen molar-refractivity contribution in [1.29, 1.82) is 0 Å². The minimum atomic E-state index is 0.309. The molecule has 3 nitrogen and oxygen atoms in total. The zero-order chi connectivity index (χ0) is 13.7. The molecule has 0 spiro atoms. The van der Waals surface area contributed by atoms with E-state index < -0.39 is 0 Å². The van der Waals surface area contributed by atoms with Gasteiger partial charge in [0.15, 0.2) is 0 Å². The van der Waals surface area contributed by atoms with E-state index in [9.17, 15) is 0 Å². The van der Waals surface area contributed by atoms with E-state index in [4.69, 9.17) is 9.47 Å². The Morgan fingerprint density at radius 3 is 2.79 bits per heavy atom. The van der Waals surface area contributed by atoms with Gasteiger partial charge in [-0.15, -0.1) is 0 Å². The van der Waals surface area contributed by atoms with Crippen molar-refractivity contribution in [2.45, 2.75) is 51.3 Å². The molecule has 0 aliphatic heterocycles. The monoisotopic (exact) mass is 263 g/mol. The van der Waals surface area contributed by atoms with Crippen LogP contribution in [-0.2, 0) is 4.74 Å². The van der Waals surface area contributed by atoms with Gasteiger partial charge in [0.05, 0.1) is 12.7 Å². The molecule has 1 N–H and O–H groups in total. The summed E-state index contributed by atoms with van der Waals surface area (Å²) in [5.41, 5.74) is 1.24. The normalized spacial score (nSPS) is 24.4. The molecular weight excluding hydrogens is 238 g/mol. The van der Waals surface area contributed by atoms with E-state index in [1.807, 2.05) is 19.1 Å². The van der Waals surface area contributed by atoms with Gasteiger partial charge in [0, 0.05) is 24.8 Å². The zero-order valence-corrected chi connectivity index (χ0v) is 12.2. The minimum Gasteiger partial charge on any atom is -0.494 e. The van der Waals surface area contributed by atoms with Crippen LogP contribution in [0.5, 0.6) is 5.75 Å². The highest BCUT2D eigenvalue weighted by Gasteiger charge is 2.26. The molecule has 19 heavy (non-hydrogen) atoms. The quantitative estimate of drug-likeness (QED) is 0.854. The van der Waals surface area contributed by atoms with Crippen LogP contribution >= 0.6 is 0 Å². The topological polar surface area (TPSA) is 30.5 Å². The highest BCUT2D eigenvalue weighted by atomic mass is 16.5. The van der Waals surface area contributed by atoms with Crippen LogP contribution in [0.1, 0.15) is 44.7 Å². The highest BCUT2D eigenvalue weighted by Crippen LogP contribution is 2.28. The third-order valence-electron chi connectivity index (χ3n) is 3.89. The first-order valence-corrected chi connectivity index (χ1v) is 7.25. The SMILES string of the molecule is CCOc1ccccc1C(C)NC1CCC(OC)C1. The van der Waals surface area contributed by atoms with Gasteiger partial charge >= 0.3 is 0 Å². The summed E-state index contributed by atoms with van der Waals surface area (Å²) in [5.74, 6) is 0.992. The molecule has 1 aromatic carbocycles. The fraction of sp³-hybridized carbons (Fsp3) is 0.625. The predicted octanol–water partition coefficient (Wildman–Crippen LogP) is 3.30. The van der Waals surface area contributed by atoms with Crippen molar-refractivity contribution in [1.82, 2.24) is 5.32 Å². The van der Waals surface area contributed by atoms with Crippen LogP contribution in [0.25, 0.3) is 0 Å². The molecule has 0 amide bonds. The predicted molar refractivity (Wildman–Crippen MR) is 77.6 cm³/mol. The van der Waals surface area contributed by atoms with E-state index >= 15 is 0 Å². The summed E-state index contributed by atoms with van der Waals surface area (Å²) in [6.45, 7) is 4.94. The summed E-state index contributed by atoms with van der Waals surface area (Å²) < 4.78 is 11.1. The average molecular weight is 263 g/mol. The summed E-state index contributed by atoms with van der Waals surface area (Å²) >= 11 is 0. The number of benzene rings is 1. The lowest BCUT2D eigenvalue weighted by Crippen LogP contribution is -2.30. The Labute approximate surface area is 116 Å². The highest BCUT2D eigenvalue weighted by molar-refractivity contribution is 5.35. The van der Waals surface area contributed by atoms with Crippen LogP contribution in [0, 0.1) is 0 Å². The van der Waals surface area contributed by atoms with Gasteiger partial charge in [0.25, 0.3) is 0 Å². The summed E-state index contributed by atoms with van der Waals surface area (Å²) in [5, 5.41) is 3.70. The van der Waals surface area contributed by atoms with Gasteiger partial charge < -0.3 is 14.8 Å². The minimum absolute atomic E-state index is 0.309. The second kappa shape index (κ2) is 6.92. The number of para-hydroxylation sites is 1. The molecule has 1 saturated carbocycles. The number of methoxy groups -OCH3 is 1. The molecular formula is C16H25NO2. The number of rotatable bonds is 6. The van der Waals surface area contributed by atoms with Gasteiger partial charge in [-0.1, -0.05) is 18.2 Å². The lowest BCUT2D eigenvalue weighted by atomic mass is 10.1. The summed E-state index contributed by atoms with van der Waals surface area (Å²) in [4.78, 5) is 0. The smallest absolute Gasteiger partial charge is 0.124 e. The molecule has 1 aromatic rings. The Morgan fingerprint density at radius 2 is 2.11 bits per heavy atom. The Morgan fingerprint density at radius 1 is 1.32 bits per heavy atom. The molecule has 0 heterocycles. The van der Waals surface area contributed by atoms with E-state index in [0.717, 1.165) is 18.6 Å². The first kappa shape index (κ1) is 14.4. The number of hydrogen-bond donors (Lipinski definition) is 1. The summed E-state index contributed by atoms with van der Waals surface area (Å²) in [6.07, 6.45) is 3.89. The second-order valence-corrected chi connectivity index (χ2v) is 5.23.